The molecule has 0 radical (unpaired) electrons. The molecule has 1 aliphatic heterocycles. The van der Waals surface area contributed by atoms with E-state index in [0.717, 1.165) is 37.7 Å². The maximum absolute atomic E-state index is 12.2. The van der Waals surface area contributed by atoms with Gasteiger partial charge in [0.25, 0.3) is 0 Å². The Morgan fingerprint density at radius 2 is 2.11 bits per heavy atom. The van der Waals surface area contributed by atoms with Crippen molar-refractivity contribution in [2.75, 3.05) is 13.7 Å². The number of hydrogen-bond donors (Lipinski definition) is 0. The van der Waals surface area contributed by atoms with Gasteiger partial charge in [0.1, 0.15) is 12.2 Å². The zero-order chi connectivity index (χ0) is 13.3. The van der Waals surface area contributed by atoms with E-state index in [4.69, 9.17) is 14.2 Å². The van der Waals surface area contributed by atoms with E-state index < -0.39 is 5.79 Å². The molecular weight excluding hydrogens is 244 g/mol. The van der Waals surface area contributed by atoms with Gasteiger partial charge in [0.2, 0.25) is 0 Å². The molecule has 0 N–H and O–H groups in total. The van der Waals surface area contributed by atoms with Crippen molar-refractivity contribution in [2.24, 2.45) is 0 Å². The molecule has 0 aromatic carbocycles. The van der Waals surface area contributed by atoms with Crippen LogP contribution in [0.1, 0.15) is 44.9 Å². The van der Waals surface area contributed by atoms with E-state index in [9.17, 15) is 4.79 Å². The van der Waals surface area contributed by atoms with Gasteiger partial charge in [-0.3, -0.25) is 4.79 Å². The highest BCUT2D eigenvalue weighted by Gasteiger charge is 2.51. The van der Waals surface area contributed by atoms with Crippen LogP contribution in [0.4, 0.5) is 0 Å². The lowest BCUT2D eigenvalue weighted by Gasteiger charge is -2.31. The molecule has 0 bridgehead atoms. The highest BCUT2D eigenvalue weighted by atomic mass is 16.8. The summed E-state index contributed by atoms with van der Waals surface area (Å²) in [5, 5.41) is 0. The molecule has 1 saturated heterocycles. The minimum absolute atomic E-state index is 0.168. The Bertz CT molecular complexity index is 382. The van der Waals surface area contributed by atoms with Gasteiger partial charge >= 0.3 is 0 Å². The Morgan fingerprint density at radius 1 is 1.32 bits per heavy atom. The molecule has 0 amide bonds. The fourth-order valence-corrected chi connectivity index (χ4v) is 3.35. The first-order valence-electron chi connectivity index (χ1n) is 7.29. The van der Waals surface area contributed by atoms with Gasteiger partial charge in [0.05, 0.1) is 0 Å². The number of ether oxygens (including phenoxy) is 3. The van der Waals surface area contributed by atoms with Gasteiger partial charge in [-0.15, -0.1) is 0 Å². The molecule has 1 saturated carbocycles. The van der Waals surface area contributed by atoms with Crippen LogP contribution in [0.2, 0.25) is 0 Å². The van der Waals surface area contributed by atoms with E-state index in [2.05, 4.69) is 6.08 Å². The topological polar surface area (TPSA) is 44.8 Å². The highest BCUT2D eigenvalue weighted by Crippen LogP contribution is 2.43. The number of carbonyl (C=O) groups is 1. The summed E-state index contributed by atoms with van der Waals surface area (Å²) >= 11 is 0. The summed E-state index contributed by atoms with van der Waals surface area (Å²) in [6.45, 7) is 0.655. The molecule has 0 unspecified atom stereocenters. The fraction of sp³-hybridized carbons (Fsp3) is 0.800. The van der Waals surface area contributed by atoms with Gasteiger partial charge in [0.15, 0.2) is 11.6 Å². The summed E-state index contributed by atoms with van der Waals surface area (Å²) in [5.41, 5.74) is 1.13. The average Bonchev–Trinajstić information content (AvgIpc) is 2.76. The summed E-state index contributed by atoms with van der Waals surface area (Å²) < 4.78 is 17.2. The van der Waals surface area contributed by atoms with Crippen LogP contribution in [0.5, 0.6) is 0 Å². The van der Waals surface area contributed by atoms with Gasteiger partial charge in [0, 0.05) is 33.0 Å². The second-order valence-corrected chi connectivity index (χ2v) is 5.80. The second kappa shape index (κ2) is 5.35. The van der Waals surface area contributed by atoms with Crippen molar-refractivity contribution in [3.8, 4) is 0 Å². The summed E-state index contributed by atoms with van der Waals surface area (Å²) in [5.74, 6) is -0.308. The lowest BCUT2D eigenvalue weighted by Crippen LogP contribution is -2.35. The molecule has 4 nitrogen and oxygen atoms in total. The lowest BCUT2D eigenvalue weighted by molar-refractivity contribution is -0.192. The average molecular weight is 266 g/mol. The van der Waals surface area contributed by atoms with Crippen LogP contribution in [0, 0.1) is 0 Å². The van der Waals surface area contributed by atoms with Crippen molar-refractivity contribution in [3.05, 3.63) is 11.6 Å². The number of hydrogen-bond acceptors (Lipinski definition) is 4. The highest BCUT2D eigenvalue weighted by molar-refractivity contribution is 5.87. The van der Waals surface area contributed by atoms with Gasteiger partial charge in [-0.25, -0.2) is 0 Å². The van der Waals surface area contributed by atoms with Crippen molar-refractivity contribution in [3.63, 3.8) is 0 Å². The number of fused-ring (bicyclic) bond motifs is 1. The molecule has 0 aromatic heterocycles. The zero-order valence-corrected chi connectivity index (χ0v) is 11.5. The minimum atomic E-state index is -0.476. The van der Waals surface area contributed by atoms with Crippen molar-refractivity contribution in [1.29, 1.82) is 0 Å². The van der Waals surface area contributed by atoms with E-state index in [1.807, 2.05) is 0 Å². The molecule has 3 aliphatic rings. The first-order chi connectivity index (χ1) is 9.22. The van der Waals surface area contributed by atoms with Crippen LogP contribution in [0.15, 0.2) is 11.6 Å². The van der Waals surface area contributed by atoms with Crippen molar-refractivity contribution in [2.45, 2.75) is 62.9 Å². The third-order valence-corrected chi connectivity index (χ3v) is 4.35. The van der Waals surface area contributed by atoms with Crippen LogP contribution in [-0.4, -0.2) is 37.5 Å². The van der Waals surface area contributed by atoms with Crippen LogP contribution >= 0.6 is 0 Å². The van der Waals surface area contributed by atoms with Gasteiger partial charge in [-0.1, -0.05) is 18.1 Å². The van der Waals surface area contributed by atoms with Crippen LogP contribution in [0.25, 0.3) is 0 Å². The Hall–Kier alpha value is -0.710. The molecule has 3 rings (SSSR count). The molecular formula is C15H22O4. The predicted octanol–water partition coefficient (Wildman–Crippen LogP) is 2.37. The lowest BCUT2D eigenvalue weighted by atomic mass is 9.92. The van der Waals surface area contributed by atoms with E-state index in [-0.39, 0.29) is 18.0 Å². The maximum atomic E-state index is 12.2. The van der Waals surface area contributed by atoms with E-state index in [1.165, 1.54) is 6.42 Å². The van der Waals surface area contributed by atoms with Gasteiger partial charge in [-0.2, -0.15) is 0 Å². The van der Waals surface area contributed by atoms with Crippen LogP contribution in [-0.2, 0) is 19.0 Å². The Kier molecular flexibility index (Phi) is 3.74. The van der Waals surface area contributed by atoms with Crippen molar-refractivity contribution >= 4 is 5.78 Å². The molecule has 4 heteroatoms. The summed E-state index contributed by atoms with van der Waals surface area (Å²) in [4.78, 5) is 12.2. The Morgan fingerprint density at radius 3 is 2.84 bits per heavy atom. The third-order valence-electron chi connectivity index (χ3n) is 4.35. The number of Topliss-reactive ketones (excluding diaryl/α,β-unsaturated/α-hetero) is 1. The molecule has 1 spiro atoms. The monoisotopic (exact) mass is 266 g/mol. The Balaban J connectivity index is 1.72. The molecule has 2 fully saturated rings. The first-order valence-corrected chi connectivity index (χ1v) is 7.29. The molecule has 106 valence electrons. The van der Waals surface area contributed by atoms with Crippen LogP contribution < -0.4 is 0 Å². The predicted molar refractivity (Wildman–Crippen MR) is 69.8 cm³/mol. The number of carbonyl (C=O) groups excluding carboxylic acids is 1. The third kappa shape index (κ3) is 2.62. The summed E-state index contributed by atoms with van der Waals surface area (Å²) in [6, 6.07) is 0. The van der Waals surface area contributed by atoms with Crippen molar-refractivity contribution in [1.82, 2.24) is 0 Å². The minimum Gasteiger partial charge on any atom is -0.384 e. The number of ketones is 1. The normalized spacial score (nSPS) is 33.3. The fourth-order valence-electron chi connectivity index (χ4n) is 3.35. The molecule has 2 aliphatic carbocycles. The SMILES string of the molecule is COCCC1=C[C@@H]2OC3(CCCCC3)O[C@@H]2C(=O)C1. The number of methoxy groups -OCH3 is 1. The molecule has 2 atom stereocenters. The smallest absolute Gasteiger partial charge is 0.170 e. The molecule has 1 heterocycles. The number of rotatable bonds is 3. The van der Waals surface area contributed by atoms with Gasteiger partial charge in [-0.05, 0) is 19.3 Å². The van der Waals surface area contributed by atoms with Crippen LogP contribution in [0.3, 0.4) is 0 Å². The molecule has 19 heavy (non-hydrogen) atoms. The molecule has 0 aromatic rings. The maximum Gasteiger partial charge on any atom is 0.170 e. The van der Waals surface area contributed by atoms with E-state index >= 15 is 0 Å². The summed E-state index contributed by atoms with van der Waals surface area (Å²) in [6.07, 6.45) is 8.20. The second-order valence-electron chi connectivity index (χ2n) is 5.80. The largest absolute Gasteiger partial charge is 0.384 e. The zero-order valence-electron chi connectivity index (χ0n) is 11.5. The Labute approximate surface area is 114 Å². The summed E-state index contributed by atoms with van der Waals surface area (Å²) in [7, 11) is 1.68. The quantitative estimate of drug-likeness (QED) is 0.736. The van der Waals surface area contributed by atoms with E-state index in [0.29, 0.717) is 13.0 Å². The van der Waals surface area contributed by atoms with Gasteiger partial charge < -0.3 is 14.2 Å². The first kappa shape index (κ1) is 13.3. The standard InChI is InChI=1S/C15H22O4/c1-17-8-5-11-9-12(16)14-13(10-11)18-15(19-14)6-3-2-4-7-15/h10,13-14H,2-9H2,1H3/t13-,14+/m0/s1. The van der Waals surface area contributed by atoms with E-state index in [1.54, 1.807) is 7.11 Å². The van der Waals surface area contributed by atoms with Crippen molar-refractivity contribution < 1.29 is 19.0 Å².